The first-order chi connectivity index (χ1) is 17.0. The van der Waals surface area contributed by atoms with Gasteiger partial charge in [-0.1, -0.05) is 73.7 Å². The molecule has 4 unspecified atom stereocenters. The van der Waals surface area contributed by atoms with E-state index >= 15 is 0 Å². The molecule has 1 aliphatic carbocycles. The number of rotatable bonds is 10. The lowest BCUT2D eigenvalue weighted by atomic mass is 9.82. The first-order valence-electron chi connectivity index (χ1n) is 12.7. The van der Waals surface area contributed by atoms with Gasteiger partial charge in [-0.25, -0.2) is 9.56 Å². The van der Waals surface area contributed by atoms with E-state index in [2.05, 4.69) is 104 Å². The number of para-hydroxylation sites is 1. The van der Waals surface area contributed by atoms with E-state index in [9.17, 15) is 0 Å². The van der Waals surface area contributed by atoms with Crippen molar-refractivity contribution in [2.75, 3.05) is 5.32 Å². The summed E-state index contributed by atoms with van der Waals surface area (Å²) in [5, 5.41) is 3.53. The molecule has 4 rings (SSSR count). The lowest BCUT2D eigenvalue weighted by Gasteiger charge is -2.26. The van der Waals surface area contributed by atoms with Crippen LogP contribution in [-0.2, 0) is 6.54 Å². The van der Waals surface area contributed by atoms with Gasteiger partial charge in [0.1, 0.15) is 19.3 Å². The predicted octanol–water partition coefficient (Wildman–Crippen LogP) is 6.63. The lowest BCUT2D eigenvalue weighted by molar-refractivity contribution is -0.576. The SMILES string of the molecule is C=[N+](Cc1ccccc1)C(C)C1C=CC(c2ccc(NC(CC)[N+](=C)c3ccccc3)nc2)CC1. The normalized spacial score (nSPS) is 19.0. The lowest BCUT2D eigenvalue weighted by Crippen LogP contribution is -2.30. The number of allylic oxidation sites excluding steroid dienone is 1. The fourth-order valence-corrected chi connectivity index (χ4v) is 4.83. The molecule has 1 N–H and O–H groups in total. The van der Waals surface area contributed by atoms with Gasteiger partial charge in [0.15, 0.2) is 12.6 Å². The maximum atomic E-state index is 4.73. The van der Waals surface area contributed by atoms with Crippen LogP contribution in [0.3, 0.4) is 0 Å². The Morgan fingerprint density at radius 1 is 0.943 bits per heavy atom. The molecule has 180 valence electrons. The summed E-state index contributed by atoms with van der Waals surface area (Å²) in [6.45, 7) is 13.9. The molecule has 1 heterocycles. The van der Waals surface area contributed by atoms with Crippen LogP contribution in [0.1, 0.15) is 50.2 Å². The molecule has 0 amide bonds. The van der Waals surface area contributed by atoms with E-state index in [0.29, 0.717) is 17.9 Å². The molecule has 0 radical (unpaired) electrons. The zero-order valence-corrected chi connectivity index (χ0v) is 21.1. The maximum absolute atomic E-state index is 4.73. The third-order valence-electron chi connectivity index (χ3n) is 7.21. The van der Waals surface area contributed by atoms with Gasteiger partial charge in [-0.15, -0.1) is 0 Å². The summed E-state index contributed by atoms with van der Waals surface area (Å²) in [5.74, 6) is 1.82. The van der Waals surface area contributed by atoms with Crippen LogP contribution >= 0.6 is 0 Å². The van der Waals surface area contributed by atoms with Crippen LogP contribution in [0, 0.1) is 5.92 Å². The van der Waals surface area contributed by atoms with Crippen molar-refractivity contribution in [1.29, 1.82) is 0 Å². The molecule has 1 aromatic heterocycles. The summed E-state index contributed by atoms with van der Waals surface area (Å²) in [6.07, 6.45) is 10.1. The van der Waals surface area contributed by atoms with Gasteiger partial charge in [-0.2, -0.15) is 4.58 Å². The second-order valence-corrected chi connectivity index (χ2v) is 9.56. The van der Waals surface area contributed by atoms with Gasteiger partial charge in [0, 0.05) is 42.1 Å². The monoisotopic (exact) mass is 466 g/mol. The number of aromatic nitrogens is 1. The molecule has 2 aromatic carbocycles. The summed E-state index contributed by atoms with van der Waals surface area (Å²) in [6, 6.07) is 25.5. The largest absolute Gasteiger partial charge is 0.312 e. The highest BCUT2D eigenvalue weighted by Gasteiger charge is 2.27. The van der Waals surface area contributed by atoms with Crippen molar-refractivity contribution in [3.8, 4) is 0 Å². The number of hydrogen-bond donors (Lipinski definition) is 1. The number of nitrogens with one attached hydrogen (secondary N) is 1. The van der Waals surface area contributed by atoms with E-state index in [-0.39, 0.29) is 6.17 Å². The fraction of sp³-hybridized carbons (Fsp3) is 0.323. The van der Waals surface area contributed by atoms with Gasteiger partial charge in [-0.3, -0.25) is 0 Å². The Balaban J connectivity index is 1.34. The molecular weight excluding hydrogens is 428 g/mol. The molecule has 0 aliphatic heterocycles. The minimum atomic E-state index is 0.0778. The van der Waals surface area contributed by atoms with Crippen LogP contribution in [0.15, 0.2) is 91.1 Å². The second kappa shape index (κ2) is 11.7. The molecule has 4 atom stereocenters. The molecule has 4 heteroatoms. The van der Waals surface area contributed by atoms with E-state index in [0.717, 1.165) is 37.3 Å². The summed E-state index contributed by atoms with van der Waals surface area (Å²) in [4.78, 5) is 4.73. The summed E-state index contributed by atoms with van der Waals surface area (Å²) >= 11 is 0. The number of pyridine rings is 1. The summed E-state index contributed by atoms with van der Waals surface area (Å²) in [5.41, 5.74) is 3.67. The standard InChI is InChI=1S/C31H38N4/c1-5-31(35(4)29-14-10-7-11-15-29)33-30-21-20-28(22-32-30)27-18-16-26(17-19-27)24(2)34(3)23-25-12-8-6-9-13-25/h6-16,18,20-22,24,26-27,31H,3-5,17,19,23H2,1-2H3,(H,32,33)/q+2. The Hall–Kier alpha value is -3.53. The van der Waals surface area contributed by atoms with Gasteiger partial charge >= 0.3 is 0 Å². The highest BCUT2D eigenvalue weighted by molar-refractivity contribution is 5.40. The van der Waals surface area contributed by atoms with Crippen molar-refractivity contribution in [2.24, 2.45) is 5.92 Å². The molecule has 0 bridgehead atoms. The number of benzene rings is 2. The van der Waals surface area contributed by atoms with Crippen molar-refractivity contribution in [3.63, 3.8) is 0 Å². The van der Waals surface area contributed by atoms with Crippen molar-refractivity contribution < 1.29 is 9.15 Å². The summed E-state index contributed by atoms with van der Waals surface area (Å²) in [7, 11) is 0. The van der Waals surface area contributed by atoms with E-state index in [1.807, 2.05) is 29.0 Å². The Bertz CT molecular complexity index is 1140. The Morgan fingerprint density at radius 3 is 2.26 bits per heavy atom. The zero-order valence-electron chi connectivity index (χ0n) is 21.1. The van der Waals surface area contributed by atoms with Crippen LogP contribution in [0.5, 0.6) is 0 Å². The molecule has 3 aromatic rings. The zero-order chi connectivity index (χ0) is 24.6. The minimum absolute atomic E-state index is 0.0778. The number of hydrogen-bond acceptors (Lipinski definition) is 2. The molecule has 0 spiro atoms. The molecule has 0 fully saturated rings. The molecule has 35 heavy (non-hydrogen) atoms. The third-order valence-corrected chi connectivity index (χ3v) is 7.21. The highest BCUT2D eigenvalue weighted by Crippen LogP contribution is 2.32. The predicted molar refractivity (Wildman–Crippen MR) is 147 cm³/mol. The Morgan fingerprint density at radius 2 is 1.66 bits per heavy atom. The molecule has 0 saturated heterocycles. The smallest absolute Gasteiger partial charge is 0.232 e. The van der Waals surface area contributed by atoms with Crippen LogP contribution in [-0.4, -0.2) is 39.8 Å². The van der Waals surface area contributed by atoms with Crippen LogP contribution in [0.4, 0.5) is 11.5 Å². The maximum Gasteiger partial charge on any atom is 0.232 e. The fourth-order valence-electron chi connectivity index (χ4n) is 4.83. The van der Waals surface area contributed by atoms with Crippen LogP contribution in [0.25, 0.3) is 0 Å². The van der Waals surface area contributed by atoms with Gasteiger partial charge < -0.3 is 5.32 Å². The quantitative estimate of drug-likeness (QED) is 0.157. The van der Waals surface area contributed by atoms with Crippen molar-refractivity contribution >= 4 is 24.9 Å². The Labute approximate surface area is 210 Å². The van der Waals surface area contributed by atoms with Gasteiger partial charge in [0.25, 0.3) is 0 Å². The van der Waals surface area contributed by atoms with Crippen LogP contribution < -0.4 is 5.32 Å². The molecular formula is C31H38N4+2. The number of nitrogens with zero attached hydrogens (tertiary/aromatic N) is 3. The van der Waals surface area contributed by atoms with Crippen molar-refractivity contribution in [2.45, 2.75) is 57.8 Å². The average molecular weight is 467 g/mol. The number of anilines is 1. The Kier molecular flexibility index (Phi) is 8.25. The van der Waals surface area contributed by atoms with Gasteiger partial charge in [-0.05, 0) is 31.4 Å². The summed E-state index contributed by atoms with van der Waals surface area (Å²) < 4.78 is 4.24. The minimum Gasteiger partial charge on any atom is -0.312 e. The van der Waals surface area contributed by atoms with E-state index in [1.165, 1.54) is 11.1 Å². The van der Waals surface area contributed by atoms with Gasteiger partial charge in [0.2, 0.25) is 11.9 Å². The second-order valence-electron chi connectivity index (χ2n) is 9.56. The van der Waals surface area contributed by atoms with E-state index < -0.39 is 0 Å². The van der Waals surface area contributed by atoms with Crippen molar-refractivity contribution in [1.82, 2.24) is 4.98 Å². The van der Waals surface area contributed by atoms with E-state index in [1.54, 1.807) is 0 Å². The van der Waals surface area contributed by atoms with Crippen LogP contribution in [0.2, 0.25) is 0 Å². The first-order valence-corrected chi connectivity index (χ1v) is 12.7. The first kappa shape index (κ1) is 24.6. The topological polar surface area (TPSA) is 30.9 Å². The van der Waals surface area contributed by atoms with Gasteiger partial charge in [0.05, 0.1) is 0 Å². The van der Waals surface area contributed by atoms with E-state index in [4.69, 9.17) is 4.98 Å². The molecule has 0 saturated carbocycles. The average Bonchev–Trinajstić information content (AvgIpc) is 2.92. The highest BCUT2D eigenvalue weighted by atomic mass is 15.2. The van der Waals surface area contributed by atoms with Crippen molar-refractivity contribution in [3.05, 3.63) is 102 Å². The third kappa shape index (κ3) is 6.33. The molecule has 4 nitrogen and oxygen atoms in total. The molecule has 1 aliphatic rings.